The number of amides is 1. The van der Waals surface area contributed by atoms with Gasteiger partial charge in [0, 0.05) is 6.04 Å². The minimum Gasteiger partial charge on any atom is -0.444 e. The lowest BCUT2D eigenvalue weighted by atomic mass is 10.0. The summed E-state index contributed by atoms with van der Waals surface area (Å²) < 4.78 is 5.20. The molecule has 1 amide bonds. The molecule has 4 heteroatoms. The molecule has 1 fully saturated rings. The predicted octanol–water partition coefficient (Wildman–Crippen LogP) is 1.51. The van der Waals surface area contributed by atoms with Crippen LogP contribution in [-0.2, 0) is 4.74 Å². The van der Waals surface area contributed by atoms with E-state index >= 15 is 0 Å². The smallest absolute Gasteiger partial charge is 0.407 e. The fraction of sp³-hybridized carbons (Fsp3) is 0.909. The molecular weight excluding hydrogens is 192 g/mol. The number of ether oxygens (including phenoxy) is 1. The third-order valence-electron chi connectivity index (χ3n) is 2.55. The summed E-state index contributed by atoms with van der Waals surface area (Å²) in [6, 6.07) is 0.176. The van der Waals surface area contributed by atoms with Crippen molar-refractivity contribution >= 4 is 6.09 Å². The lowest BCUT2D eigenvalue weighted by Crippen LogP contribution is -2.41. The van der Waals surface area contributed by atoms with Crippen LogP contribution in [0.3, 0.4) is 0 Å². The topological polar surface area (TPSA) is 50.4 Å². The van der Waals surface area contributed by atoms with Crippen molar-refractivity contribution in [2.24, 2.45) is 5.92 Å². The van der Waals surface area contributed by atoms with Gasteiger partial charge >= 0.3 is 6.09 Å². The van der Waals surface area contributed by atoms with Crippen molar-refractivity contribution in [3.8, 4) is 0 Å². The maximum atomic E-state index is 11.5. The lowest BCUT2D eigenvalue weighted by molar-refractivity contribution is 0.0494. The molecule has 88 valence electrons. The Morgan fingerprint density at radius 2 is 2.20 bits per heavy atom. The van der Waals surface area contributed by atoms with E-state index in [2.05, 4.69) is 10.6 Å². The highest BCUT2D eigenvalue weighted by atomic mass is 16.6. The van der Waals surface area contributed by atoms with Gasteiger partial charge in [0.05, 0.1) is 0 Å². The van der Waals surface area contributed by atoms with Gasteiger partial charge in [0.15, 0.2) is 0 Å². The van der Waals surface area contributed by atoms with Crippen molar-refractivity contribution in [2.75, 3.05) is 13.1 Å². The van der Waals surface area contributed by atoms with Gasteiger partial charge in [-0.15, -0.1) is 0 Å². The van der Waals surface area contributed by atoms with Crippen LogP contribution in [0.5, 0.6) is 0 Å². The van der Waals surface area contributed by atoms with E-state index in [-0.39, 0.29) is 12.1 Å². The first-order chi connectivity index (χ1) is 6.88. The Morgan fingerprint density at radius 3 is 2.67 bits per heavy atom. The van der Waals surface area contributed by atoms with Crippen LogP contribution in [-0.4, -0.2) is 30.8 Å². The van der Waals surface area contributed by atoms with Gasteiger partial charge in [-0.2, -0.15) is 0 Å². The summed E-state index contributed by atoms with van der Waals surface area (Å²) in [6.07, 6.45) is 0.804. The van der Waals surface area contributed by atoms with Crippen molar-refractivity contribution in [1.29, 1.82) is 0 Å². The van der Waals surface area contributed by atoms with E-state index in [4.69, 9.17) is 4.74 Å². The van der Waals surface area contributed by atoms with Crippen molar-refractivity contribution in [3.63, 3.8) is 0 Å². The highest BCUT2D eigenvalue weighted by Gasteiger charge is 2.24. The predicted molar refractivity (Wildman–Crippen MR) is 59.8 cm³/mol. The van der Waals surface area contributed by atoms with Crippen LogP contribution in [0.4, 0.5) is 4.79 Å². The first-order valence-corrected chi connectivity index (χ1v) is 5.59. The molecule has 0 bridgehead atoms. The molecule has 1 aliphatic heterocycles. The van der Waals surface area contributed by atoms with Gasteiger partial charge in [-0.1, -0.05) is 0 Å². The molecule has 0 aromatic heterocycles. The zero-order chi connectivity index (χ0) is 11.5. The molecule has 1 saturated heterocycles. The summed E-state index contributed by atoms with van der Waals surface area (Å²) in [5, 5.41) is 6.16. The van der Waals surface area contributed by atoms with Gasteiger partial charge in [-0.3, -0.25) is 0 Å². The molecule has 0 radical (unpaired) electrons. The Balaban J connectivity index is 2.30. The number of rotatable bonds is 2. The molecule has 0 aliphatic carbocycles. The average Bonchev–Trinajstić information content (AvgIpc) is 2.50. The Bertz CT molecular complexity index is 217. The molecule has 0 saturated carbocycles. The Morgan fingerprint density at radius 1 is 1.53 bits per heavy atom. The largest absolute Gasteiger partial charge is 0.444 e. The summed E-state index contributed by atoms with van der Waals surface area (Å²) in [4.78, 5) is 11.5. The molecule has 4 nitrogen and oxygen atoms in total. The second kappa shape index (κ2) is 4.84. The zero-order valence-electron chi connectivity index (χ0n) is 10.1. The second-order valence-corrected chi connectivity index (χ2v) is 5.19. The van der Waals surface area contributed by atoms with E-state index in [9.17, 15) is 4.79 Å². The molecule has 0 aromatic rings. The van der Waals surface area contributed by atoms with Gasteiger partial charge in [-0.05, 0) is 53.1 Å². The highest BCUT2D eigenvalue weighted by Crippen LogP contribution is 2.13. The van der Waals surface area contributed by atoms with Crippen LogP contribution in [0.25, 0.3) is 0 Å². The molecule has 1 rings (SSSR count). The van der Waals surface area contributed by atoms with Crippen molar-refractivity contribution in [2.45, 2.75) is 45.8 Å². The molecule has 1 aliphatic rings. The maximum absolute atomic E-state index is 11.5. The molecule has 1 heterocycles. The monoisotopic (exact) mass is 214 g/mol. The Labute approximate surface area is 91.8 Å². The minimum absolute atomic E-state index is 0.176. The number of hydrogen-bond acceptors (Lipinski definition) is 3. The lowest BCUT2D eigenvalue weighted by Gasteiger charge is -2.24. The summed E-state index contributed by atoms with van der Waals surface area (Å²) in [5.41, 5.74) is -0.419. The van der Waals surface area contributed by atoms with Crippen LogP contribution >= 0.6 is 0 Å². The quantitative estimate of drug-likeness (QED) is 0.732. The van der Waals surface area contributed by atoms with E-state index in [0.29, 0.717) is 5.92 Å². The highest BCUT2D eigenvalue weighted by molar-refractivity contribution is 5.68. The number of nitrogens with one attached hydrogen (secondary N) is 2. The third kappa shape index (κ3) is 4.51. The first kappa shape index (κ1) is 12.3. The maximum Gasteiger partial charge on any atom is 0.407 e. The summed E-state index contributed by atoms with van der Waals surface area (Å²) >= 11 is 0. The molecule has 0 aromatic carbocycles. The second-order valence-electron chi connectivity index (χ2n) is 5.19. The Kier molecular flexibility index (Phi) is 3.97. The van der Waals surface area contributed by atoms with E-state index in [1.807, 2.05) is 27.7 Å². The van der Waals surface area contributed by atoms with E-state index < -0.39 is 5.60 Å². The Hall–Kier alpha value is -0.770. The van der Waals surface area contributed by atoms with Crippen LogP contribution in [0.1, 0.15) is 34.1 Å². The number of carbonyl (C=O) groups excluding carboxylic acids is 1. The van der Waals surface area contributed by atoms with Crippen LogP contribution < -0.4 is 10.6 Å². The average molecular weight is 214 g/mol. The van der Waals surface area contributed by atoms with Crippen LogP contribution in [0, 0.1) is 5.92 Å². The molecule has 0 spiro atoms. The standard InChI is InChI=1S/C11H22N2O2/c1-8(9-5-6-12-7-9)13-10(14)15-11(2,3)4/h8-9,12H,5-7H2,1-4H3,(H,13,14)/t8-,9+/m1/s1. The fourth-order valence-corrected chi connectivity index (χ4v) is 1.72. The van der Waals surface area contributed by atoms with E-state index in [1.54, 1.807) is 0 Å². The van der Waals surface area contributed by atoms with Gasteiger partial charge in [0.1, 0.15) is 5.60 Å². The number of carbonyl (C=O) groups is 1. The minimum atomic E-state index is -0.419. The van der Waals surface area contributed by atoms with E-state index in [0.717, 1.165) is 19.5 Å². The third-order valence-corrected chi connectivity index (χ3v) is 2.55. The molecule has 0 unspecified atom stereocenters. The number of alkyl carbamates (subject to hydrolysis) is 1. The van der Waals surface area contributed by atoms with Crippen molar-refractivity contribution < 1.29 is 9.53 Å². The van der Waals surface area contributed by atoms with E-state index in [1.165, 1.54) is 0 Å². The summed E-state index contributed by atoms with van der Waals surface area (Å²) in [5.74, 6) is 0.525. The molecule has 2 atom stereocenters. The number of hydrogen-bond donors (Lipinski definition) is 2. The molecular formula is C11H22N2O2. The first-order valence-electron chi connectivity index (χ1n) is 5.59. The summed E-state index contributed by atoms with van der Waals surface area (Å²) in [7, 11) is 0. The van der Waals surface area contributed by atoms with Gasteiger partial charge < -0.3 is 15.4 Å². The van der Waals surface area contributed by atoms with Crippen molar-refractivity contribution in [1.82, 2.24) is 10.6 Å². The zero-order valence-corrected chi connectivity index (χ0v) is 10.1. The van der Waals surface area contributed by atoms with Gasteiger partial charge in [-0.25, -0.2) is 4.79 Å². The SMILES string of the molecule is C[C@@H](NC(=O)OC(C)(C)C)[C@H]1CCNC1. The molecule has 15 heavy (non-hydrogen) atoms. The van der Waals surface area contributed by atoms with Gasteiger partial charge in [0.2, 0.25) is 0 Å². The van der Waals surface area contributed by atoms with Crippen LogP contribution in [0.15, 0.2) is 0 Å². The van der Waals surface area contributed by atoms with Gasteiger partial charge in [0.25, 0.3) is 0 Å². The summed E-state index contributed by atoms with van der Waals surface area (Å²) in [6.45, 7) is 9.67. The fourth-order valence-electron chi connectivity index (χ4n) is 1.72. The normalized spacial score (nSPS) is 23.6. The molecule has 2 N–H and O–H groups in total. The van der Waals surface area contributed by atoms with Crippen molar-refractivity contribution in [3.05, 3.63) is 0 Å². The van der Waals surface area contributed by atoms with Crippen LogP contribution in [0.2, 0.25) is 0 Å².